The molecule has 0 amide bonds. The Hall–Kier alpha value is -5.28. The first-order chi connectivity index (χ1) is 21.7. The van der Waals surface area contributed by atoms with E-state index in [1.807, 2.05) is 36.4 Å². The molecule has 0 N–H and O–H groups in total. The normalized spacial score (nSPS) is 11.3. The first-order valence-corrected chi connectivity index (χ1v) is 14.7. The number of rotatable bonds is 10. The van der Waals surface area contributed by atoms with Gasteiger partial charge in [0.15, 0.2) is 0 Å². The summed E-state index contributed by atoms with van der Waals surface area (Å²) in [6, 6.07) is 55.4. The van der Waals surface area contributed by atoms with Crippen molar-refractivity contribution in [2.75, 3.05) is 21.3 Å². The van der Waals surface area contributed by atoms with Gasteiger partial charge in [-0.3, -0.25) is 0 Å². The quantitative estimate of drug-likeness (QED) is 0.153. The molecule has 0 heterocycles. The Morgan fingerprint density at radius 2 is 0.636 bits per heavy atom. The molecule has 0 spiro atoms. The molecule has 0 bridgehead atoms. The fourth-order valence-electron chi connectivity index (χ4n) is 6.12. The summed E-state index contributed by atoms with van der Waals surface area (Å²) in [6.07, 6.45) is 0. The number of hydrogen-bond acceptors (Lipinski definition) is 3. The molecule has 3 heteroatoms. The minimum absolute atomic E-state index is 0.592. The van der Waals surface area contributed by atoms with E-state index in [-0.39, 0.29) is 0 Å². The van der Waals surface area contributed by atoms with Gasteiger partial charge in [-0.25, -0.2) is 0 Å². The van der Waals surface area contributed by atoms with Crippen molar-refractivity contribution in [1.82, 2.24) is 0 Å². The minimum atomic E-state index is -0.592. The summed E-state index contributed by atoms with van der Waals surface area (Å²) in [7, 11) is 5.09. The van der Waals surface area contributed by atoms with Gasteiger partial charge in [-0.2, -0.15) is 0 Å². The minimum Gasteiger partial charge on any atom is -0.497 e. The SMILES string of the molecule is COc1ccc([C](c2ccccc2)c2ccc(C(c3ccccc3)(c3ccc(OC)cc3)c3ccc(OC)cc3)cc2)cc1. The van der Waals surface area contributed by atoms with Gasteiger partial charge < -0.3 is 14.2 Å². The molecule has 6 rings (SSSR count). The molecule has 0 aliphatic rings. The van der Waals surface area contributed by atoms with Gasteiger partial charge in [0, 0.05) is 0 Å². The fourth-order valence-corrected chi connectivity index (χ4v) is 6.12. The summed E-state index contributed by atoms with van der Waals surface area (Å²) < 4.78 is 16.5. The average molecular weight is 576 g/mol. The van der Waals surface area contributed by atoms with E-state index in [4.69, 9.17) is 14.2 Å². The maximum absolute atomic E-state index is 5.54. The zero-order chi connectivity index (χ0) is 30.4. The van der Waals surface area contributed by atoms with E-state index < -0.39 is 5.41 Å². The predicted molar refractivity (Wildman–Crippen MR) is 178 cm³/mol. The van der Waals surface area contributed by atoms with E-state index in [1.54, 1.807) is 21.3 Å². The highest BCUT2D eigenvalue weighted by atomic mass is 16.5. The highest BCUT2D eigenvalue weighted by Gasteiger charge is 2.38. The lowest BCUT2D eigenvalue weighted by molar-refractivity contribution is 0.414. The van der Waals surface area contributed by atoms with Gasteiger partial charge in [-0.05, 0) is 75.3 Å². The largest absolute Gasteiger partial charge is 0.497 e. The van der Waals surface area contributed by atoms with Crippen LogP contribution in [0.2, 0.25) is 0 Å². The lowest BCUT2D eigenvalue weighted by Crippen LogP contribution is -2.31. The van der Waals surface area contributed by atoms with E-state index in [9.17, 15) is 0 Å². The second-order valence-electron chi connectivity index (χ2n) is 10.6. The van der Waals surface area contributed by atoms with Crippen molar-refractivity contribution in [3.63, 3.8) is 0 Å². The van der Waals surface area contributed by atoms with Crippen LogP contribution >= 0.6 is 0 Å². The number of methoxy groups -OCH3 is 3. The van der Waals surface area contributed by atoms with Gasteiger partial charge in [-0.15, -0.1) is 0 Å². The molecular formula is C41H35O3. The van der Waals surface area contributed by atoms with Crippen LogP contribution in [0.25, 0.3) is 0 Å². The summed E-state index contributed by atoms with van der Waals surface area (Å²) in [6.45, 7) is 0. The molecule has 0 saturated heterocycles. The van der Waals surface area contributed by atoms with Crippen LogP contribution in [0.15, 0.2) is 158 Å². The van der Waals surface area contributed by atoms with Crippen molar-refractivity contribution in [3.05, 3.63) is 203 Å². The van der Waals surface area contributed by atoms with E-state index in [0.717, 1.165) is 50.6 Å². The molecule has 0 fully saturated rings. The van der Waals surface area contributed by atoms with Crippen molar-refractivity contribution in [3.8, 4) is 17.2 Å². The van der Waals surface area contributed by atoms with Crippen molar-refractivity contribution < 1.29 is 14.2 Å². The predicted octanol–water partition coefficient (Wildman–Crippen LogP) is 9.11. The Morgan fingerprint density at radius 1 is 0.341 bits per heavy atom. The van der Waals surface area contributed by atoms with Crippen LogP contribution < -0.4 is 14.2 Å². The summed E-state index contributed by atoms with van der Waals surface area (Å²) in [5.74, 6) is 3.65. The van der Waals surface area contributed by atoms with Gasteiger partial charge in [0.25, 0.3) is 0 Å². The van der Waals surface area contributed by atoms with Gasteiger partial charge >= 0.3 is 0 Å². The van der Waals surface area contributed by atoms with Crippen molar-refractivity contribution in [2.24, 2.45) is 0 Å². The number of ether oxygens (including phenoxy) is 3. The van der Waals surface area contributed by atoms with Gasteiger partial charge in [0.1, 0.15) is 17.2 Å². The maximum atomic E-state index is 5.54. The third-order valence-electron chi connectivity index (χ3n) is 8.30. The molecule has 217 valence electrons. The second kappa shape index (κ2) is 12.9. The Kier molecular flexibility index (Phi) is 8.47. The van der Waals surface area contributed by atoms with E-state index in [0.29, 0.717) is 0 Å². The van der Waals surface area contributed by atoms with Crippen LogP contribution in [0.4, 0.5) is 0 Å². The summed E-state index contributed by atoms with van der Waals surface area (Å²) in [5.41, 5.74) is 7.45. The molecule has 0 unspecified atom stereocenters. The summed E-state index contributed by atoms with van der Waals surface area (Å²) in [4.78, 5) is 0. The van der Waals surface area contributed by atoms with Crippen LogP contribution in [0.1, 0.15) is 38.9 Å². The Labute approximate surface area is 260 Å². The van der Waals surface area contributed by atoms with Crippen LogP contribution in [-0.2, 0) is 5.41 Å². The van der Waals surface area contributed by atoms with Crippen molar-refractivity contribution in [1.29, 1.82) is 0 Å². The van der Waals surface area contributed by atoms with Crippen molar-refractivity contribution >= 4 is 0 Å². The Balaban J connectivity index is 1.56. The van der Waals surface area contributed by atoms with Crippen LogP contribution in [-0.4, -0.2) is 21.3 Å². The maximum Gasteiger partial charge on any atom is 0.118 e. The van der Waals surface area contributed by atoms with Gasteiger partial charge in [0.2, 0.25) is 0 Å². The standard InChI is InChI=1S/C41H35O3/c1-42-37-24-16-32(17-25-37)40(30-10-6-4-7-11-30)31-14-18-34(19-15-31)41(33-12-8-5-9-13-33,35-20-26-38(43-2)27-21-35)36-22-28-39(44-3)29-23-36/h4-29H,1-3H3. The lowest BCUT2D eigenvalue weighted by atomic mass is 9.65. The smallest absolute Gasteiger partial charge is 0.118 e. The number of benzene rings is 6. The molecular weight excluding hydrogens is 540 g/mol. The Morgan fingerprint density at radius 3 is 1.05 bits per heavy atom. The van der Waals surface area contributed by atoms with E-state index in [2.05, 4.69) is 121 Å². The molecule has 3 nitrogen and oxygen atoms in total. The Bertz CT molecular complexity index is 1710. The van der Waals surface area contributed by atoms with Crippen molar-refractivity contribution in [2.45, 2.75) is 5.41 Å². The zero-order valence-corrected chi connectivity index (χ0v) is 25.2. The first kappa shape index (κ1) is 28.8. The zero-order valence-electron chi connectivity index (χ0n) is 25.2. The van der Waals surface area contributed by atoms with Gasteiger partial charge in [-0.1, -0.05) is 121 Å². The van der Waals surface area contributed by atoms with E-state index >= 15 is 0 Å². The second-order valence-corrected chi connectivity index (χ2v) is 10.6. The molecule has 6 aromatic rings. The molecule has 1 radical (unpaired) electrons. The third kappa shape index (κ3) is 5.45. The molecule has 0 saturated carbocycles. The van der Waals surface area contributed by atoms with E-state index in [1.165, 1.54) is 11.5 Å². The summed E-state index contributed by atoms with van der Waals surface area (Å²) >= 11 is 0. The molecule has 0 aromatic heterocycles. The lowest BCUT2D eigenvalue weighted by Gasteiger charge is -2.37. The monoisotopic (exact) mass is 575 g/mol. The highest BCUT2D eigenvalue weighted by Crippen LogP contribution is 2.46. The first-order valence-electron chi connectivity index (χ1n) is 14.7. The highest BCUT2D eigenvalue weighted by molar-refractivity contribution is 5.63. The molecule has 6 aromatic carbocycles. The van der Waals surface area contributed by atoms with Crippen LogP contribution in [0.5, 0.6) is 17.2 Å². The topological polar surface area (TPSA) is 27.7 Å². The van der Waals surface area contributed by atoms with Crippen LogP contribution in [0.3, 0.4) is 0 Å². The molecule has 0 aliphatic heterocycles. The summed E-state index contributed by atoms with van der Waals surface area (Å²) in [5, 5.41) is 0. The third-order valence-corrected chi connectivity index (χ3v) is 8.30. The average Bonchev–Trinajstić information content (AvgIpc) is 3.11. The van der Waals surface area contributed by atoms with Crippen LogP contribution in [0, 0.1) is 5.92 Å². The molecule has 44 heavy (non-hydrogen) atoms. The van der Waals surface area contributed by atoms with Gasteiger partial charge in [0.05, 0.1) is 32.7 Å². The number of hydrogen-bond donors (Lipinski definition) is 0. The fraction of sp³-hybridized carbons (Fsp3) is 0.0976. The molecule has 0 aliphatic carbocycles. The molecule has 0 atom stereocenters.